The van der Waals surface area contributed by atoms with E-state index in [1.54, 1.807) is 0 Å². The lowest BCUT2D eigenvalue weighted by atomic mass is 9.93. The standard InChI is InChI=1S/C51H31N3O2/c1-3-12-32(13-4-1)34-22-26-36(27-23-34)38-30-31-45-46(41-17-8-10-21-44(41)55-45)47(38)51-53-49(37-28-24-35(25-29-37)33-14-5-2-6-15-33)52-50(54-51)42-19-11-18-40-39-16-7-9-20-43(39)56-48(40)42/h1-31H. The van der Waals surface area contributed by atoms with Crippen LogP contribution in [0.4, 0.5) is 0 Å². The van der Waals surface area contributed by atoms with Crippen LogP contribution in [0.2, 0.25) is 0 Å². The fraction of sp³-hybridized carbons (Fsp3) is 0. The van der Waals surface area contributed by atoms with E-state index < -0.39 is 0 Å². The molecule has 3 heterocycles. The van der Waals surface area contributed by atoms with Gasteiger partial charge in [-0.25, -0.2) is 15.0 Å². The fourth-order valence-electron chi connectivity index (χ4n) is 7.87. The first-order valence-electron chi connectivity index (χ1n) is 18.7. The smallest absolute Gasteiger partial charge is 0.167 e. The SMILES string of the molecule is c1ccc(-c2ccc(-c3nc(-c4cccc5c4oc4ccccc45)nc(-c4c(-c5ccc(-c6ccccc6)cc5)ccc5oc6ccccc6c45)n3)cc2)cc1. The summed E-state index contributed by atoms with van der Waals surface area (Å²) in [7, 11) is 0. The Kier molecular flexibility index (Phi) is 7.42. The molecule has 0 spiro atoms. The number of hydrogen-bond acceptors (Lipinski definition) is 5. The van der Waals surface area contributed by atoms with Crippen molar-refractivity contribution in [1.29, 1.82) is 0 Å². The van der Waals surface area contributed by atoms with Gasteiger partial charge in [-0.05, 0) is 63.7 Å². The van der Waals surface area contributed by atoms with Gasteiger partial charge in [-0.3, -0.25) is 0 Å². The van der Waals surface area contributed by atoms with Gasteiger partial charge < -0.3 is 8.83 Å². The molecule has 0 aliphatic heterocycles. The van der Waals surface area contributed by atoms with Crippen LogP contribution in [-0.4, -0.2) is 15.0 Å². The summed E-state index contributed by atoms with van der Waals surface area (Å²) in [5.41, 5.74) is 12.3. The Morgan fingerprint density at radius 3 is 1.50 bits per heavy atom. The third-order valence-electron chi connectivity index (χ3n) is 10.6. The van der Waals surface area contributed by atoms with E-state index in [1.165, 1.54) is 5.56 Å². The topological polar surface area (TPSA) is 65.0 Å². The molecule has 0 saturated heterocycles. The molecule has 8 aromatic carbocycles. The maximum absolute atomic E-state index is 6.53. The monoisotopic (exact) mass is 717 g/mol. The van der Waals surface area contributed by atoms with E-state index in [2.05, 4.69) is 127 Å². The van der Waals surface area contributed by atoms with E-state index in [9.17, 15) is 0 Å². The van der Waals surface area contributed by atoms with Crippen molar-refractivity contribution < 1.29 is 8.83 Å². The maximum Gasteiger partial charge on any atom is 0.167 e. The summed E-state index contributed by atoms with van der Waals surface area (Å²) in [6, 6.07) is 64.5. The molecule has 3 aromatic heterocycles. The molecule has 0 amide bonds. The summed E-state index contributed by atoms with van der Waals surface area (Å²) in [4.78, 5) is 15.9. The average molecular weight is 718 g/mol. The second-order valence-electron chi connectivity index (χ2n) is 13.9. The fourth-order valence-corrected chi connectivity index (χ4v) is 7.87. The molecule has 5 heteroatoms. The molecular weight excluding hydrogens is 687 g/mol. The van der Waals surface area contributed by atoms with Gasteiger partial charge in [-0.2, -0.15) is 0 Å². The van der Waals surface area contributed by atoms with Crippen molar-refractivity contribution in [3.63, 3.8) is 0 Å². The van der Waals surface area contributed by atoms with Crippen molar-refractivity contribution >= 4 is 43.9 Å². The van der Waals surface area contributed by atoms with Crippen molar-refractivity contribution in [1.82, 2.24) is 15.0 Å². The molecule has 56 heavy (non-hydrogen) atoms. The molecule has 0 fully saturated rings. The number of furan rings is 2. The molecule has 11 rings (SSSR count). The zero-order valence-corrected chi connectivity index (χ0v) is 30.1. The summed E-state index contributed by atoms with van der Waals surface area (Å²) in [5, 5.41) is 4.01. The van der Waals surface area contributed by atoms with E-state index in [0.717, 1.165) is 88.4 Å². The summed E-state index contributed by atoms with van der Waals surface area (Å²) < 4.78 is 13.0. The van der Waals surface area contributed by atoms with E-state index in [1.807, 2.05) is 60.7 Å². The van der Waals surface area contributed by atoms with Gasteiger partial charge in [0.2, 0.25) is 0 Å². The van der Waals surface area contributed by atoms with Crippen LogP contribution in [0.25, 0.3) is 111 Å². The number of para-hydroxylation sites is 3. The minimum Gasteiger partial charge on any atom is -0.456 e. The molecular formula is C51H31N3O2. The van der Waals surface area contributed by atoms with Crippen molar-refractivity contribution in [3.05, 3.63) is 188 Å². The highest BCUT2D eigenvalue weighted by molar-refractivity contribution is 6.15. The average Bonchev–Trinajstić information content (AvgIpc) is 3.85. The third kappa shape index (κ3) is 5.37. The van der Waals surface area contributed by atoms with Crippen molar-refractivity contribution in [3.8, 4) is 67.5 Å². The number of benzene rings is 8. The van der Waals surface area contributed by atoms with E-state index in [0.29, 0.717) is 17.5 Å². The summed E-state index contributed by atoms with van der Waals surface area (Å²) in [6.07, 6.45) is 0. The zero-order valence-electron chi connectivity index (χ0n) is 30.1. The molecule has 0 atom stereocenters. The summed E-state index contributed by atoms with van der Waals surface area (Å²) >= 11 is 0. The Labute approximate surface area is 322 Å². The van der Waals surface area contributed by atoms with Crippen LogP contribution < -0.4 is 0 Å². The number of aromatic nitrogens is 3. The highest BCUT2D eigenvalue weighted by atomic mass is 16.3. The van der Waals surface area contributed by atoms with E-state index in [-0.39, 0.29) is 0 Å². The van der Waals surface area contributed by atoms with Crippen molar-refractivity contribution in [2.45, 2.75) is 0 Å². The van der Waals surface area contributed by atoms with Gasteiger partial charge in [-0.1, -0.05) is 158 Å². The molecule has 0 unspecified atom stereocenters. The zero-order chi connectivity index (χ0) is 37.0. The van der Waals surface area contributed by atoms with Crippen LogP contribution in [0.1, 0.15) is 0 Å². The Morgan fingerprint density at radius 1 is 0.286 bits per heavy atom. The van der Waals surface area contributed by atoms with Crippen molar-refractivity contribution in [2.24, 2.45) is 0 Å². The maximum atomic E-state index is 6.53. The predicted octanol–water partition coefficient (Wildman–Crippen LogP) is 13.7. The van der Waals surface area contributed by atoms with Gasteiger partial charge in [0.05, 0.1) is 5.56 Å². The first-order valence-corrected chi connectivity index (χ1v) is 18.7. The Morgan fingerprint density at radius 2 is 0.804 bits per heavy atom. The van der Waals surface area contributed by atoms with Gasteiger partial charge in [0.25, 0.3) is 0 Å². The van der Waals surface area contributed by atoms with Crippen LogP contribution in [0.5, 0.6) is 0 Å². The summed E-state index contributed by atoms with van der Waals surface area (Å²) in [5.74, 6) is 1.63. The molecule has 0 bridgehead atoms. The highest BCUT2D eigenvalue weighted by Crippen LogP contribution is 2.43. The van der Waals surface area contributed by atoms with Crippen LogP contribution >= 0.6 is 0 Å². The summed E-state index contributed by atoms with van der Waals surface area (Å²) in [6.45, 7) is 0. The van der Waals surface area contributed by atoms with E-state index in [4.69, 9.17) is 23.8 Å². The molecule has 0 radical (unpaired) electrons. The minimum atomic E-state index is 0.525. The Balaban J connectivity index is 1.18. The van der Waals surface area contributed by atoms with Crippen molar-refractivity contribution in [2.75, 3.05) is 0 Å². The van der Waals surface area contributed by atoms with Gasteiger partial charge in [0.1, 0.15) is 22.3 Å². The predicted molar refractivity (Wildman–Crippen MR) is 227 cm³/mol. The first kappa shape index (κ1) is 31.9. The van der Waals surface area contributed by atoms with Crippen LogP contribution in [0.3, 0.4) is 0 Å². The van der Waals surface area contributed by atoms with Crippen LogP contribution in [-0.2, 0) is 0 Å². The second kappa shape index (κ2) is 13.0. The first-order chi connectivity index (χ1) is 27.7. The number of hydrogen-bond donors (Lipinski definition) is 0. The lowest BCUT2D eigenvalue weighted by Crippen LogP contribution is -2.02. The lowest BCUT2D eigenvalue weighted by Gasteiger charge is -2.14. The lowest BCUT2D eigenvalue weighted by molar-refractivity contribution is 0.668. The van der Waals surface area contributed by atoms with E-state index >= 15 is 0 Å². The number of rotatable bonds is 6. The molecule has 262 valence electrons. The van der Waals surface area contributed by atoms with Gasteiger partial charge in [0.15, 0.2) is 17.5 Å². The van der Waals surface area contributed by atoms with Gasteiger partial charge in [0, 0.05) is 32.7 Å². The number of fused-ring (bicyclic) bond motifs is 6. The molecule has 0 aliphatic rings. The normalized spacial score (nSPS) is 11.6. The molecule has 0 N–H and O–H groups in total. The third-order valence-corrected chi connectivity index (χ3v) is 10.6. The van der Waals surface area contributed by atoms with Gasteiger partial charge in [-0.15, -0.1) is 0 Å². The molecule has 11 aromatic rings. The quantitative estimate of drug-likeness (QED) is 0.171. The highest BCUT2D eigenvalue weighted by Gasteiger charge is 2.23. The number of nitrogens with zero attached hydrogens (tertiary/aromatic N) is 3. The molecule has 0 aliphatic carbocycles. The second-order valence-corrected chi connectivity index (χ2v) is 13.9. The van der Waals surface area contributed by atoms with Crippen LogP contribution in [0.15, 0.2) is 197 Å². The Hall–Kier alpha value is -7.63. The minimum absolute atomic E-state index is 0.525. The van der Waals surface area contributed by atoms with Crippen LogP contribution in [0, 0.1) is 0 Å². The largest absolute Gasteiger partial charge is 0.456 e. The molecule has 0 saturated carbocycles. The van der Waals surface area contributed by atoms with Gasteiger partial charge >= 0.3 is 0 Å². The molecule has 5 nitrogen and oxygen atoms in total. The Bertz CT molecular complexity index is 3220.